The van der Waals surface area contributed by atoms with E-state index < -0.39 is 0 Å². The van der Waals surface area contributed by atoms with E-state index in [0.717, 1.165) is 36.6 Å². The number of halogens is 1. The average molecular weight is 286 g/mol. The number of anilines is 2. The van der Waals surface area contributed by atoms with E-state index in [1.54, 1.807) is 18.3 Å². The maximum atomic E-state index is 12.9. The molecule has 110 valence electrons. The van der Waals surface area contributed by atoms with E-state index in [-0.39, 0.29) is 11.9 Å². The molecule has 5 heteroatoms. The number of aromatic nitrogens is 1. The summed E-state index contributed by atoms with van der Waals surface area (Å²) in [7, 11) is 0. The van der Waals surface area contributed by atoms with Crippen molar-refractivity contribution in [2.45, 2.75) is 19.0 Å². The minimum absolute atomic E-state index is 0.218. The van der Waals surface area contributed by atoms with Crippen LogP contribution in [-0.4, -0.2) is 24.1 Å². The number of rotatable bonds is 4. The molecule has 0 bridgehead atoms. The third-order valence-corrected chi connectivity index (χ3v) is 3.72. The van der Waals surface area contributed by atoms with E-state index in [1.165, 1.54) is 12.1 Å². The standard InChI is InChI=1S/C16H19FN4/c17-13-3-1-12(2-4-13)10-20-16-9-15(5-7-19-16)21-8-6-14(18)11-21/h1-5,7,9,14H,6,8,10-11,18H2,(H,19,20). The number of nitrogens with zero attached hydrogens (tertiary/aromatic N) is 2. The normalized spacial score (nSPS) is 18.0. The molecule has 0 amide bonds. The van der Waals surface area contributed by atoms with Crippen LogP contribution in [0.3, 0.4) is 0 Å². The van der Waals surface area contributed by atoms with Crippen LogP contribution in [0.5, 0.6) is 0 Å². The lowest BCUT2D eigenvalue weighted by Crippen LogP contribution is -2.26. The molecule has 0 aliphatic carbocycles. The number of pyridine rings is 1. The van der Waals surface area contributed by atoms with Crippen molar-refractivity contribution < 1.29 is 4.39 Å². The van der Waals surface area contributed by atoms with Crippen LogP contribution in [0.2, 0.25) is 0 Å². The molecule has 1 aromatic carbocycles. The molecule has 2 aromatic rings. The van der Waals surface area contributed by atoms with Gasteiger partial charge >= 0.3 is 0 Å². The van der Waals surface area contributed by atoms with Crippen LogP contribution < -0.4 is 16.0 Å². The molecule has 1 aliphatic heterocycles. The Morgan fingerprint density at radius 1 is 1.29 bits per heavy atom. The Kier molecular flexibility index (Phi) is 4.01. The first kappa shape index (κ1) is 13.8. The molecular weight excluding hydrogens is 267 g/mol. The summed E-state index contributed by atoms with van der Waals surface area (Å²) < 4.78 is 12.9. The highest BCUT2D eigenvalue weighted by atomic mass is 19.1. The summed E-state index contributed by atoms with van der Waals surface area (Å²) in [5.41, 5.74) is 8.10. The minimum atomic E-state index is -0.218. The molecule has 1 saturated heterocycles. The van der Waals surface area contributed by atoms with Crippen molar-refractivity contribution in [3.05, 3.63) is 54.0 Å². The molecule has 1 aliphatic rings. The second kappa shape index (κ2) is 6.10. The van der Waals surface area contributed by atoms with Crippen molar-refractivity contribution in [3.63, 3.8) is 0 Å². The number of nitrogens with one attached hydrogen (secondary N) is 1. The van der Waals surface area contributed by atoms with Gasteiger partial charge in [0.1, 0.15) is 11.6 Å². The Balaban J connectivity index is 1.64. The minimum Gasteiger partial charge on any atom is -0.370 e. The van der Waals surface area contributed by atoms with Crippen LogP contribution in [0, 0.1) is 5.82 Å². The van der Waals surface area contributed by atoms with Gasteiger partial charge in [-0.3, -0.25) is 0 Å². The zero-order chi connectivity index (χ0) is 14.7. The van der Waals surface area contributed by atoms with Crippen molar-refractivity contribution in [1.82, 2.24) is 4.98 Å². The second-order valence-electron chi connectivity index (χ2n) is 5.37. The van der Waals surface area contributed by atoms with Crippen LogP contribution in [0.15, 0.2) is 42.6 Å². The van der Waals surface area contributed by atoms with Gasteiger partial charge in [0.15, 0.2) is 0 Å². The summed E-state index contributed by atoms with van der Waals surface area (Å²) in [6.07, 6.45) is 2.83. The molecule has 1 fully saturated rings. The Labute approximate surface area is 123 Å². The first-order valence-electron chi connectivity index (χ1n) is 7.15. The predicted molar refractivity (Wildman–Crippen MR) is 82.8 cm³/mol. The zero-order valence-corrected chi connectivity index (χ0v) is 11.8. The number of benzene rings is 1. The Morgan fingerprint density at radius 2 is 2.10 bits per heavy atom. The fourth-order valence-corrected chi connectivity index (χ4v) is 2.53. The van der Waals surface area contributed by atoms with Crippen LogP contribution in [0.4, 0.5) is 15.9 Å². The van der Waals surface area contributed by atoms with Crippen molar-refractivity contribution in [3.8, 4) is 0 Å². The monoisotopic (exact) mass is 286 g/mol. The van der Waals surface area contributed by atoms with Crippen LogP contribution in [-0.2, 0) is 6.54 Å². The van der Waals surface area contributed by atoms with Crippen molar-refractivity contribution >= 4 is 11.5 Å². The summed E-state index contributed by atoms with van der Waals surface area (Å²) in [5.74, 6) is 0.599. The molecule has 2 heterocycles. The van der Waals surface area contributed by atoms with E-state index in [1.807, 2.05) is 12.1 Å². The van der Waals surface area contributed by atoms with E-state index in [4.69, 9.17) is 5.73 Å². The van der Waals surface area contributed by atoms with Gasteiger partial charge in [-0.1, -0.05) is 12.1 Å². The highest BCUT2D eigenvalue weighted by Crippen LogP contribution is 2.21. The Morgan fingerprint density at radius 3 is 2.81 bits per heavy atom. The van der Waals surface area contributed by atoms with Gasteiger partial charge in [0.25, 0.3) is 0 Å². The van der Waals surface area contributed by atoms with Crippen LogP contribution >= 0.6 is 0 Å². The molecule has 0 saturated carbocycles. The van der Waals surface area contributed by atoms with Gasteiger partial charge in [-0.05, 0) is 30.2 Å². The molecule has 3 rings (SSSR count). The number of hydrogen-bond acceptors (Lipinski definition) is 4. The van der Waals surface area contributed by atoms with E-state index in [9.17, 15) is 4.39 Å². The molecule has 1 unspecified atom stereocenters. The van der Waals surface area contributed by atoms with E-state index in [2.05, 4.69) is 15.2 Å². The highest BCUT2D eigenvalue weighted by Gasteiger charge is 2.19. The predicted octanol–water partition coefficient (Wildman–Crippen LogP) is 2.37. The van der Waals surface area contributed by atoms with Gasteiger partial charge in [-0.25, -0.2) is 9.37 Å². The SMILES string of the molecule is NC1CCN(c2ccnc(NCc3ccc(F)cc3)c2)C1. The summed E-state index contributed by atoms with van der Waals surface area (Å²) in [6.45, 7) is 2.50. The van der Waals surface area contributed by atoms with Gasteiger partial charge in [0.05, 0.1) is 0 Å². The Bertz CT molecular complexity index is 599. The van der Waals surface area contributed by atoms with Gasteiger partial charge in [0, 0.05) is 43.6 Å². The van der Waals surface area contributed by atoms with Crippen LogP contribution in [0.25, 0.3) is 0 Å². The smallest absolute Gasteiger partial charge is 0.128 e. The zero-order valence-electron chi connectivity index (χ0n) is 11.8. The molecular formula is C16H19FN4. The fraction of sp³-hybridized carbons (Fsp3) is 0.312. The lowest BCUT2D eigenvalue weighted by Gasteiger charge is -2.18. The van der Waals surface area contributed by atoms with Gasteiger partial charge < -0.3 is 16.0 Å². The molecule has 0 spiro atoms. The summed E-state index contributed by atoms with van der Waals surface area (Å²) in [6, 6.07) is 10.8. The average Bonchev–Trinajstić information content (AvgIpc) is 2.94. The largest absolute Gasteiger partial charge is 0.370 e. The van der Waals surface area contributed by atoms with E-state index >= 15 is 0 Å². The molecule has 1 aromatic heterocycles. The maximum absolute atomic E-state index is 12.9. The first-order valence-corrected chi connectivity index (χ1v) is 7.15. The topological polar surface area (TPSA) is 54.2 Å². The third kappa shape index (κ3) is 3.49. The highest BCUT2D eigenvalue weighted by molar-refractivity contribution is 5.54. The molecule has 4 nitrogen and oxygen atoms in total. The summed E-state index contributed by atoms with van der Waals surface area (Å²) in [5, 5.41) is 3.26. The molecule has 1 atom stereocenters. The maximum Gasteiger partial charge on any atom is 0.128 e. The van der Waals surface area contributed by atoms with Gasteiger partial charge in [-0.15, -0.1) is 0 Å². The summed E-state index contributed by atoms with van der Waals surface area (Å²) in [4.78, 5) is 6.59. The quantitative estimate of drug-likeness (QED) is 0.906. The van der Waals surface area contributed by atoms with Crippen molar-refractivity contribution in [2.75, 3.05) is 23.3 Å². The lowest BCUT2D eigenvalue weighted by molar-refractivity contribution is 0.627. The van der Waals surface area contributed by atoms with Crippen molar-refractivity contribution in [2.24, 2.45) is 5.73 Å². The number of nitrogens with two attached hydrogens (primary N) is 1. The van der Waals surface area contributed by atoms with Gasteiger partial charge in [0.2, 0.25) is 0 Å². The van der Waals surface area contributed by atoms with Gasteiger partial charge in [-0.2, -0.15) is 0 Å². The number of hydrogen-bond donors (Lipinski definition) is 2. The lowest BCUT2D eigenvalue weighted by atomic mass is 10.2. The van der Waals surface area contributed by atoms with Crippen LogP contribution in [0.1, 0.15) is 12.0 Å². The molecule has 0 radical (unpaired) electrons. The first-order chi connectivity index (χ1) is 10.2. The third-order valence-electron chi connectivity index (χ3n) is 3.72. The van der Waals surface area contributed by atoms with Crippen molar-refractivity contribution in [1.29, 1.82) is 0 Å². The second-order valence-corrected chi connectivity index (χ2v) is 5.37. The molecule has 21 heavy (non-hydrogen) atoms. The van der Waals surface area contributed by atoms with E-state index in [0.29, 0.717) is 6.54 Å². The summed E-state index contributed by atoms with van der Waals surface area (Å²) >= 11 is 0. The fourth-order valence-electron chi connectivity index (χ4n) is 2.53. The Hall–Kier alpha value is -2.14. The molecule has 3 N–H and O–H groups in total.